The second-order valence-corrected chi connectivity index (χ2v) is 9.26. The number of hydrogen-bond donors (Lipinski definition) is 0. The normalized spacial score (nSPS) is 10.7. The van der Waals surface area contributed by atoms with Crippen molar-refractivity contribution in [1.29, 1.82) is 5.26 Å². The van der Waals surface area contributed by atoms with Crippen LogP contribution >= 0.6 is 11.6 Å². The first-order valence-electron chi connectivity index (χ1n) is 12.3. The highest BCUT2D eigenvalue weighted by Gasteiger charge is 2.14. The zero-order valence-electron chi connectivity index (χ0n) is 20.7. The van der Waals surface area contributed by atoms with E-state index in [4.69, 9.17) is 26.6 Å². The Kier molecular flexibility index (Phi) is 6.61. The monoisotopic (exact) mass is 521 g/mol. The van der Waals surface area contributed by atoms with Gasteiger partial charge in [0.05, 0.1) is 17.3 Å². The Morgan fingerprint density at radius 1 is 0.462 bits per heavy atom. The number of nitriles is 1. The van der Waals surface area contributed by atoms with E-state index in [1.807, 2.05) is 84.9 Å². The Morgan fingerprint density at radius 2 is 0.949 bits per heavy atom. The molecule has 2 heterocycles. The number of hydrogen-bond acceptors (Lipinski definition) is 5. The molecule has 0 atom stereocenters. The van der Waals surface area contributed by atoms with Crippen molar-refractivity contribution in [2.45, 2.75) is 0 Å². The first-order valence-corrected chi connectivity index (χ1v) is 12.7. The van der Waals surface area contributed by atoms with Crippen molar-refractivity contribution in [2.75, 3.05) is 0 Å². The van der Waals surface area contributed by atoms with Gasteiger partial charge in [-0.2, -0.15) is 5.26 Å². The lowest BCUT2D eigenvalue weighted by molar-refractivity contribution is 1.07. The molecule has 4 aromatic carbocycles. The van der Waals surface area contributed by atoms with Crippen molar-refractivity contribution in [3.05, 3.63) is 132 Å². The largest absolute Gasteiger partial charge is 0.236 e. The first-order chi connectivity index (χ1) is 19.2. The van der Waals surface area contributed by atoms with E-state index in [9.17, 15) is 5.26 Å². The highest BCUT2D eigenvalue weighted by atomic mass is 35.5. The smallest absolute Gasteiger partial charge is 0.164 e. The third kappa shape index (κ3) is 5.28. The van der Waals surface area contributed by atoms with Gasteiger partial charge in [-0.25, -0.2) is 19.9 Å². The maximum Gasteiger partial charge on any atom is 0.164 e. The van der Waals surface area contributed by atoms with Crippen LogP contribution < -0.4 is 0 Å². The van der Waals surface area contributed by atoms with Crippen molar-refractivity contribution >= 4 is 11.6 Å². The fourth-order valence-electron chi connectivity index (χ4n) is 4.32. The molecule has 0 aliphatic carbocycles. The summed E-state index contributed by atoms with van der Waals surface area (Å²) in [5.41, 5.74) is 6.72. The quantitative estimate of drug-likeness (QED) is 0.214. The van der Waals surface area contributed by atoms with E-state index in [0.717, 1.165) is 33.4 Å². The van der Waals surface area contributed by atoms with E-state index in [-0.39, 0.29) is 5.15 Å². The Bertz CT molecular complexity index is 1810. The maximum atomic E-state index is 9.36. The van der Waals surface area contributed by atoms with Gasteiger partial charge in [-0.3, -0.25) is 0 Å². The molecule has 6 aromatic rings. The van der Waals surface area contributed by atoms with Crippen molar-refractivity contribution in [3.63, 3.8) is 0 Å². The van der Waals surface area contributed by atoms with E-state index in [0.29, 0.717) is 28.7 Å². The third-order valence-electron chi connectivity index (χ3n) is 6.26. The van der Waals surface area contributed by atoms with Crippen LogP contribution in [0.25, 0.3) is 56.5 Å². The van der Waals surface area contributed by atoms with E-state index in [1.165, 1.54) is 0 Å². The van der Waals surface area contributed by atoms with Gasteiger partial charge in [0.25, 0.3) is 0 Å². The average molecular weight is 522 g/mol. The lowest BCUT2D eigenvalue weighted by atomic mass is 10.0. The summed E-state index contributed by atoms with van der Waals surface area (Å²) in [6, 6.07) is 41.5. The molecule has 6 heteroatoms. The van der Waals surface area contributed by atoms with Crippen LogP contribution in [0.3, 0.4) is 0 Å². The summed E-state index contributed by atoms with van der Waals surface area (Å²) < 4.78 is 0. The van der Waals surface area contributed by atoms with Gasteiger partial charge in [0.1, 0.15) is 5.15 Å². The lowest BCUT2D eigenvalue weighted by Crippen LogP contribution is -2.00. The van der Waals surface area contributed by atoms with Crippen LogP contribution in [0.5, 0.6) is 0 Å². The topological polar surface area (TPSA) is 75.3 Å². The van der Waals surface area contributed by atoms with Gasteiger partial charge >= 0.3 is 0 Å². The fourth-order valence-corrected chi connectivity index (χ4v) is 4.53. The van der Waals surface area contributed by atoms with Crippen molar-refractivity contribution in [2.24, 2.45) is 0 Å². The minimum atomic E-state index is 0.266. The molecule has 0 radical (unpaired) electrons. The van der Waals surface area contributed by atoms with E-state index in [1.54, 1.807) is 12.1 Å². The molecule has 0 fully saturated rings. The number of benzene rings is 4. The van der Waals surface area contributed by atoms with Crippen LogP contribution in [-0.2, 0) is 0 Å². The molecular formula is C33H20ClN5. The summed E-state index contributed by atoms with van der Waals surface area (Å²) in [6.45, 7) is 0. The van der Waals surface area contributed by atoms with Gasteiger partial charge in [0.15, 0.2) is 17.5 Å². The standard InChI is InChI=1S/C33H20ClN5/c34-30-19-22(21-35)18-29(36-30)27-12-7-13-28(20-27)33-38-31(25-10-5-2-6-11-25)37-32(39-33)26-16-14-24(15-17-26)23-8-3-1-4-9-23/h1-20H. The summed E-state index contributed by atoms with van der Waals surface area (Å²) in [4.78, 5) is 18.9. The van der Waals surface area contributed by atoms with Gasteiger partial charge in [0, 0.05) is 22.3 Å². The minimum Gasteiger partial charge on any atom is -0.236 e. The summed E-state index contributed by atoms with van der Waals surface area (Å²) >= 11 is 6.17. The minimum absolute atomic E-state index is 0.266. The Balaban J connectivity index is 1.45. The predicted molar refractivity (Wildman–Crippen MR) is 155 cm³/mol. The average Bonchev–Trinajstić information content (AvgIpc) is 3.01. The molecule has 0 amide bonds. The Labute approximate surface area is 231 Å². The van der Waals surface area contributed by atoms with Crippen molar-refractivity contribution in [1.82, 2.24) is 19.9 Å². The highest BCUT2D eigenvalue weighted by molar-refractivity contribution is 6.29. The molecule has 6 rings (SSSR count). The molecule has 0 N–H and O–H groups in total. The van der Waals surface area contributed by atoms with Crippen LogP contribution in [-0.4, -0.2) is 19.9 Å². The van der Waals surface area contributed by atoms with Gasteiger partial charge in [-0.15, -0.1) is 0 Å². The van der Waals surface area contributed by atoms with Crippen LogP contribution in [0, 0.1) is 11.3 Å². The summed E-state index contributed by atoms with van der Waals surface area (Å²) in [7, 11) is 0. The Hall–Kier alpha value is -5.18. The molecule has 0 spiro atoms. The maximum absolute atomic E-state index is 9.36. The number of rotatable bonds is 5. The van der Waals surface area contributed by atoms with Crippen LogP contribution in [0.15, 0.2) is 121 Å². The SMILES string of the molecule is N#Cc1cc(Cl)nc(-c2cccc(-c3nc(-c4ccccc4)nc(-c4ccc(-c5ccccc5)cc4)n3)c2)c1. The van der Waals surface area contributed by atoms with Gasteiger partial charge in [0.2, 0.25) is 0 Å². The second kappa shape index (κ2) is 10.7. The van der Waals surface area contributed by atoms with Crippen LogP contribution in [0.1, 0.15) is 5.56 Å². The summed E-state index contributed by atoms with van der Waals surface area (Å²) in [5.74, 6) is 1.70. The number of nitrogens with zero attached hydrogens (tertiary/aromatic N) is 5. The fraction of sp³-hybridized carbons (Fsp3) is 0. The molecule has 0 bridgehead atoms. The summed E-state index contributed by atoms with van der Waals surface area (Å²) in [6.07, 6.45) is 0. The molecule has 5 nitrogen and oxygen atoms in total. The van der Waals surface area contributed by atoms with Gasteiger partial charge in [-0.1, -0.05) is 115 Å². The Morgan fingerprint density at radius 3 is 1.59 bits per heavy atom. The summed E-state index contributed by atoms with van der Waals surface area (Å²) in [5, 5.41) is 9.63. The van der Waals surface area contributed by atoms with Crippen LogP contribution in [0.2, 0.25) is 5.15 Å². The molecule has 0 saturated heterocycles. The molecule has 0 saturated carbocycles. The highest BCUT2D eigenvalue weighted by Crippen LogP contribution is 2.29. The van der Waals surface area contributed by atoms with E-state index < -0.39 is 0 Å². The second-order valence-electron chi connectivity index (χ2n) is 8.87. The van der Waals surface area contributed by atoms with Crippen molar-refractivity contribution in [3.8, 4) is 62.6 Å². The predicted octanol–water partition coefficient (Wildman–Crippen LogP) is 8.13. The molecule has 0 aliphatic rings. The number of pyridine rings is 1. The van der Waals surface area contributed by atoms with Crippen molar-refractivity contribution < 1.29 is 0 Å². The molecular weight excluding hydrogens is 502 g/mol. The van der Waals surface area contributed by atoms with Gasteiger partial charge < -0.3 is 0 Å². The molecule has 39 heavy (non-hydrogen) atoms. The molecule has 184 valence electrons. The molecule has 0 unspecified atom stereocenters. The third-order valence-corrected chi connectivity index (χ3v) is 6.45. The lowest BCUT2D eigenvalue weighted by Gasteiger charge is -2.10. The molecule has 2 aromatic heterocycles. The number of aromatic nitrogens is 4. The number of halogens is 1. The first kappa shape index (κ1) is 24.2. The van der Waals surface area contributed by atoms with E-state index in [2.05, 4.69) is 35.3 Å². The van der Waals surface area contributed by atoms with Crippen LogP contribution in [0.4, 0.5) is 0 Å². The van der Waals surface area contributed by atoms with E-state index >= 15 is 0 Å². The zero-order chi connectivity index (χ0) is 26.6. The van der Waals surface area contributed by atoms with Gasteiger partial charge in [-0.05, 0) is 29.3 Å². The zero-order valence-corrected chi connectivity index (χ0v) is 21.4. The molecule has 0 aliphatic heterocycles.